The van der Waals surface area contributed by atoms with Gasteiger partial charge in [0, 0.05) is 26.7 Å². The first-order chi connectivity index (χ1) is 11.0. The summed E-state index contributed by atoms with van der Waals surface area (Å²) in [6, 6.07) is 5.75. The Bertz CT molecular complexity index is 654. The van der Waals surface area contributed by atoms with Crippen LogP contribution in [-0.4, -0.2) is 50.4 Å². The quantitative estimate of drug-likeness (QED) is 0.823. The van der Waals surface area contributed by atoms with Crippen LogP contribution in [-0.2, 0) is 16.8 Å². The van der Waals surface area contributed by atoms with Crippen LogP contribution in [0.2, 0.25) is 0 Å². The van der Waals surface area contributed by atoms with Gasteiger partial charge in [-0.3, -0.25) is 0 Å². The van der Waals surface area contributed by atoms with Crippen LogP contribution in [0.5, 0.6) is 11.5 Å². The van der Waals surface area contributed by atoms with Crippen LogP contribution in [0.25, 0.3) is 0 Å². The summed E-state index contributed by atoms with van der Waals surface area (Å²) in [6.45, 7) is 1.44. The van der Waals surface area contributed by atoms with Crippen molar-refractivity contribution in [3.63, 3.8) is 0 Å². The monoisotopic (exact) mass is 340 g/mol. The maximum Gasteiger partial charge on any atom is 0.282 e. The van der Waals surface area contributed by atoms with Gasteiger partial charge in [-0.2, -0.15) is 17.0 Å². The zero-order valence-electron chi connectivity index (χ0n) is 13.7. The molecule has 0 unspecified atom stereocenters. The van der Waals surface area contributed by atoms with Crippen LogP contribution < -0.4 is 9.47 Å². The van der Waals surface area contributed by atoms with Crippen molar-refractivity contribution in [1.29, 1.82) is 0 Å². The van der Waals surface area contributed by atoms with E-state index >= 15 is 0 Å². The fourth-order valence-electron chi connectivity index (χ4n) is 3.17. The molecule has 0 N–H and O–H groups in total. The van der Waals surface area contributed by atoms with E-state index in [1.54, 1.807) is 18.4 Å². The molecule has 1 aromatic rings. The second-order valence-electron chi connectivity index (χ2n) is 6.25. The number of fused-ring (bicyclic) bond motifs is 1. The minimum atomic E-state index is -3.45. The topological polar surface area (TPSA) is 59.1 Å². The fraction of sp³-hybridized carbons (Fsp3) is 0.625. The van der Waals surface area contributed by atoms with Crippen LogP contribution in [0.3, 0.4) is 0 Å². The standard InChI is InChI=1S/C16H24N2O4S/c1-17(2)23(19,20)18(14-5-3-4-6-14)12-13-7-8-15-16(11-13)22-10-9-21-15/h7-8,11,14H,3-6,9-10,12H2,1-2H3. The van der Waals surface area contributed by atoms with Gasteiger partial charge in [0.25, 0.3) is 10.2 Å². The van der Waals surface area contributed by atoms with Gasteiger partial charge in [-0.05, 0) is 30.5 Å². The largest absolute Gasteiger partial charge is 0.486 e. The average molecular weight is 340 g/mol. The predicted molar refractivity (Wildman–Crippen MR) is 87.8 cm³/mol. The molecule has 0 saturated heterocycles. The highest BCUT2D eigenvalue weighted by Crippen LogP contribution is 2.33. The number of benzene rings is 1. The lowest BCUT2D eigenvalue weighted by Gasteiger charge is -2.31. The van der Waals surface area contributed by atoms with Gasteiger partial charge in [-0.25, -0.2) is 0 Å². The summed E-state index contributed by atoms with van der Waals surface area (Å²) in [7, 11) is -0.278. The molecule has 1 saturated carbocycles. The van der Waals surface area contributed by atoms with Gasteiger partial charge in [-0.1, -0.05) is 18.9 Å². The molecule has 0 radical (unpaired) electrons. The van der Waals surface area contributed by atoms with Gasteiger partial charge < -0.3 is 9.47 Å². The molecule has 1 aromatic carbocycles. The minimum Gasteiger partial charge on any atom is -0.486 e. The van der Waals surface area contributed by atoms with E-state index in [0.29, 0.717) is 25.5 Å². The molecule has 1 aliphatic carbocycles. The van der Waals surface area contributed by atoms with E-state index in [-0.39, 0.29) is 6.04 Å². The lowest BCUT2D eigenvalue weighted by Crippen LogP contribution is -2.44. The van der Waals surface area contributed by atoms with Crippen LogP contribution in [0.15, 0.2) is 18.2 Å². The molecule has 7 heteroatoms. The van der Waals surface area contributed by atoms with Crippen LogP contribution in [0.1, 0.15) is 31.2 Å². The van der Waals surface area contributed by atoms with Crippen molar-refractivity contribution in [3.8, 4) is 11.5 Å². The maximum absolute atomic E-state index is 12.7. The summed E-state index contributed by atoms with van der Waals surface area (Å²) in [5, 5.41) is 0. The minimum absolute atomic E-state index is 0.0793. The number of hydrogen-bond acceptors (Lipinski definition) is 4. The molecular formula is C16H24N2O4S. The summed E-state index contributed by atoms with van der Waals surface area (Å²) in [5.74, 6) is 1.42. The Kier molecular flexibility index (Phi) is 4.79. The molecule has 128 valence electrons. The molecule has 3 rings (SSSR count). The molecule has 0 spiro atoms. The molecule has 1 heterocycles. The highest BCUT2D eigenvalue weighted by atomic mass is 32.2. The third-order valence-corrected chi connectivity index (χ3v) is 6.38. The summed E-state index contributed by atoms with van der Waals surface area (Å²) in [5.41, 5.74) is 0.923. The first kappa shape index (κ1) is 16.5. The zero-order valence-corrected chi connectivity index (χ0v) is 14.5. The third-order valence-electron chi connectivity index (χ3n) is 4.43. The lowest BCUT2D eigenvalue weighted by molar-refractivity contribution is 0.171. The highest BCUT2D eigenvalue weighted by Gasteiger charge is 2.33. The molecule has 1 fully saturated rings. The van der Waals surface area contributed by atoms with Crippen LogP contribution in [0, 0.1) is 0 Å². The Balaban J connectivity index is 1.86. The van der Waals surface area contributed by atoms with Crippen molar-refractivity contribution >= 4 is 10.2 Å². The van der Waals surface area contributed by atoms with E-state index in [1.165, 1.54) is 4.31 Å². The van der Waals surface area contributed by atoms with Gasteiger partial charge in [0.1, 0.15) is 13.2 Å². The third kappa shape index (κ3) is 3.46. The normalized spacial score (nSPS) is 18.8. The van der Waals surface area contributed by atoms with Crippen molar-refractivity contribution in [2.24, 2.45) is 0 Å². The van der Waals surface area contributed by atoms with E-state index in [9.17, 15) is 8.42 Å². The molecule has 6 nitrogen and oxygen atoms in total. The maximum atomic E-state index is 12.7. The molecule has 23 heavy (non-hydrogen) atoms. The van der Waals surface area contributed by atoms with Crippen molar-refractivity contribution in [1.82, 2.24) is 8.61 Å². The molecule has 0 bridgehead atoms. The van der Waals surface area contributed by atoms with Gasteiger partial charge in [-0.15, -0.1) is 0 Å². The lowest BCUT2D eigenvalue weighted by atomic mass is 10.1. The number of hydrogen-bond donors (Lipinski definition) is 0. The van der Waals surface area contributed by atoms with Gasteiger partial charge >= 0.3 is 0 Å². The van der Waals surface area contributed by atoms with Crippen molar-refractivity contribution in [2.75, 3.05) is 27.3 Å². The summed E-state index contributed by atoms with van der Waals surface area (Å²) in [6.07, 6.45) is 4.03. The Morgan fingerprint density at radius 3 is 2.39 bits per heavy atom. The predicted octanol–water partition coefficient (Wildman–Crippen LogP) is 2.01. The zero-order chi connectivity index (χ0) is 16.4. The first-order valence-electron chi connectivity index (χ1n) is 8.06. The summed E-state index contributed by atoms with van der Waals surface area (Å²) in [4.78, 5) is 0. The van der Waals surface area contributed by atoms with Crippen LogP contribution >= 0.6 is 0 Å². The number of rotatable bonds is 5. The molecule has 2 aliphatic rings. The highest BCUT2D eigenvalue weighted by molar-refractivity contribution is 7.86. The Morgan fingerprint density at radius 2 is 1.74 bits per heavy atom. The smallest absolute Gasteiger partial charge is 0.282 e. The first-order valence-corrected chi connectivity index (χ1v) is 9.46. The fourth-order valence-corrected chi connectivity index (χ4v) is 4.49. The summed E-state index contributed by atoms with van der Waals surface area (Å²) >= 11 is 0. The Morgan fingerprint density at radius 1 is 1.09 bits per heavy atom. The van der Waals surface area contributed by atoms with Crippen molar-refractivity contribution in [2.45, 2.75) is 38.3 Å². The molecule has 0 amide bonds. The molecule has 0 atom stereocenters. The second kappa shape index (κ2) is 6.67. The van der Waals surface area contributed by atoms with E-state index in [4.69, 9.17) is 9.47 Å². The van der Waals surface area contributed by atoms with Gasteiger partial charge in [0.2, 0.25) is 0 Å². The van der Waals surface area contributed by atoms with Crippen LogP contribution in [0.4, 0.5) is 0 Å². The van der Waals surface area contributed by atoms with Gasteiger partial charge in [0.05, 0.1) is 0 Å². The molecular weight excluding hydrogens is 316 g/mol. The average Bonchev–Trinajstić information content (AvgIpc) is 3.06. The van der Waals surface area contributed by atoms with E-state index < -0.39 is 10.2 Å². The van der Waals surface area contributed by atoms with E-state index in [0.717, 1.165) is 37.0 Å². The Labute approximate surface area is 138 Å². The number of ether oxygens (including phenoxy) is 2. The van der Waals surface area contributed by atoms with E-state index in [2.05, 4.69) is 0 Å². The molecule has 1 aliphatic heterocycles. The van der Waals surface area contributed by atoms with Crippen molar-refractivity contribution in [3.05, 3.63) is 23.8 Å². The van der Waals surface area contributed by atoms with Gasteiger partial charge in [0.15, 0.2) is 11.5 Å². The van der Waals surface area contributed by atoms with E-state index in [1.807, 2.05) is 18.2 Å². The SMILES string of the molecule is CN(C)S(=O)(=O)N(Cc1ccc2c(c1)OCCO2)C1CCCC1. The summed E-state index contributed by atoms with van der Waals surface area (Å²) < 4.78 is 39.5. The molecule has 0 aromatic heterocycles. The Hall–Kier alpha value is -1.31. The van der Waals surface area contributed by atoms with Crippen molar-refractivity contribution < 1.29 is 17.9 Å². The second-order valence-corrected chi connectivity index (χ2v) is 8.35. The number of nitrogens with zero attached hydrogens (tertiary/aromatic N) is 2.